The zero-order valence-electron chi connectivity index (χ0n) is 20.2. The molecule has 0 saturated heterocycles. The molecular formula is C24H22N4O7S2. The fourth-order valence-corrected chi connectivity index (χ4v) is 4.52. The van der Waals surface area contributed by atoms with Crippen molar-refractivity contribution in [1.29, 1.82) is 0 Å². The predicted molar refractivity (Wildman–Crippen MR) is 140 cm³/mol. The number of hydrogen-bond acceptors (Lipinski definition) is 10. The van der Waals surface area contributed by atoms with Crippen molar-refractivity contribution in [3.05, 3.63) is 56.7 Å². The topological polar surface area (TPSA) is 149 Å². The Kier molecular flexibility index (Phi) is 7.27. The Morgan fingerprint density at radius 3 is 2.22 bits per heavy atom. The van der Waals surface area contributed by atoms with Crippen LogP contribution in [-0.2, 0) is 9.47 Å². The molecule has 4 rings (SSSR count). The molecule has 3 N–H and O–H groups in total. The summed E-state index contributed by atoms with van der Waals surface area (Å²) in [6.07, 6.45) is -0.615. The van der Waals surface area contributed by atoms with Gasteiger partial charge in [-0.3, -0.25) is 14.9 Å². The molecule has 0 fully saturated rings. The summed E-state index contributed by atoms with van der Waals surface area (Å²) in [4.78, 5) is 53.6. The highest BCUT2D eigenvalue weighted by atomic mass is 32.1. The Morgan fingerprint density at radius 2 is 1.51 bits per heavy atom. The summed E-state index contributed by atoms with van der Waals surface area (Å²) in [5, 5.41) is 11.2. The Bertz CT molecular complexity index is 1500. The standard InChI is InChI=1S/C24H22N4O7S2/c1-24(2,3)35-23(32)27-14-8-17(36-11-14)19(29)25-12-5-6-15-16(7-12)34-21(28-15)20(30)26-13-9-18(37-10-13)22(31)33-4/h5-11H,1-4H3,(H,25,29)(H,26,30)(H,27,32). The van der Waals surface area contributed by atoms with Crippen LogP contribution < -0.4 is 16.0 Å². The lowest BCUT2D eigenvalue weighted by Gasteiger charge is -2.19. The predicted octanol–water partition coefficient (Wildman–Crippen LogP) is 5.59. The summed E-state index contributed by atoms with van der Waals surface area (Å²) in [5.74, 6) is -1.67. The van der Waals surface area contributed by atoms with Gasteiger partial charge in [0.25, 0.3) is 11.8 Å². The molecule has 0 bridgehead atoms. The van der Waals surface area contributed by atoms with E-state index in [0.717, 1.165) is 22.7 Å². The van der Waals surface area contributed by atoms with Gasteiger partial charge in [0.05, 0.1) is 23.4 Å². The Labute approximate surface area is 218 Å². The summed E-state index contributed by atoms with van der Waals surface area (Å²) in [5.41, 5.74) is 1.34. The Balaban J connectivity index is 1.40. The van der Waals surface area contributed by atoms with Gasteiger partial charge >= 0.3 is 18.0 Å². The van der Waals surface area contributed by atoms with Gasteiger partial charge in [0.1, 0.15) is 16.0 Å². The highest BCUT2D eigenvalue weighted by Gasteiger charge is 2.19. The van der Waals surface area contributed by atoms with Crippen molar-refractivity contribution in [3.63, 3.8) is 0 Å². The fraction of sp³-hybridized carbons (Fsp3) is 0.208. The molecule has 0 radical (unpaired) electrons. The first-order valence-corrected chi connectivity index (χ1v) is 12.6. The molecule has 3 amide bonds. The average Bonchev–Trinajstić information content (AvgIpc) is 3.56. The van der Waals surface area contributed by atoms with E-state index in [-0.39, 0.29) is 5.89 Å². The number of benzene rings is 1. The number of oxazole rings is 1. The summed E-state index contributed by atoms with van der Waals surface area (Å²) in [6.45, 7) is 5.27. The van der Waals surface area contributed by atoms with Crippen LogP contribution in [0.3, 0.4) is 0 Å². The monoisotopic (exact) mass is 542 g/mol. The van der Waals surface area contributed by atoms with Crippen molar-refractivity contribution in [2.24, 2.45) is 0 Å². The second-order valence-corrected chi connectivity index (χ2v) is 10.4. The van der Waals surface area contributed by atoms with Gasteiger partial charge in [0, 0.05) is 22.5 Å². The van der Waals surface area contributed by atoms with Crippen molar-refractivity contribution in [2.45, 2.75) is 26.4 Å². The number of amides is 3. The van der Waals surface area contributed by atoms with Gasteiger partial charge in [-0.05, 0) is 45.0 Å². The van der Waals surface area contributed by atoms with Crippen LogP contribution in [0.25, 0.3) is 11.1 Å². The maximum atomic E-state index is 12.7. The minimum Gasteiger partial charge on any atom is -0.465 e. The largest absolute Gasteiger partial charge is 0.465 e. The quantitative estimate of drug-likeness (QED) is 0.267. The van der Waals surface area contributed by atoms with Gasteiger partial charge in [0.2, 0.25) is 0 Å². The van der Waals surface area contributed by atoms with Gasteiger partial charge in [-0.25, -0.2) is 14.6 Å². The van der Waals surface area contributed by atoms with Gasteiger partial charge in [-0.15, -0.1) is 22.7 Å². The first kappa shape index (κ1) is 25.9. The van der Waals surface area contributed by atoms with Crippen LogP contribution in [0.1, 0.15) is 50.8 Å². The number of fused-ring (bicyclic) bond motifs is 1. The van der Waals surface area contributed by atoms with E-state index in [0.29, 0.717) is 37.9 Å². The number of methoxy groups -OCH3 is 1. The second-order valence-electron chi connectivity index (χ2n) is 8.63. The summed E-state index contributed by atoms with van der Waals surface area (Å²) in [7, 11) is 1.27. The minimum absolute atomic E-state index is 0.180. The van der Waals surface area contributed by atoms with Crippen molar-refractivity contribution in [2.75, 3.05) is 23.1 Å². The van der Waals surface area contributed by atoms with Crippen LogP contribution in [0, 0.1) is 0 Å². The number of nitrogens with one attached hydrogen (secondary N) is 3. The molecule has 0 atom stereocenters. The molecule has 13 heteroatoms. The number of anilines is 3. The molecule has 0 aliphatic carbocycles. The smallest absolute Gasteiger partial charge is 0.412 e. The number of hydrogen-bond donors (Lipinski definition) is 3. The number of esters is 1. The van der Waals surface area contributed by atoms with E-state index in [4.69, 9.17) is 9.15 Å². The van der Waals surface area contributed by atoms with Gasteiger partial charge in [-0.1, -0.05) is 0 Å². The number of rotatable bonds is 6. The van der Waals surface area contributed by atoms with E-state index < -0.39 is 29.5 Å². The number of nitrogens with zero attached hydrogens (tertiary/aromatic N) is 1. The third-order valence-electron chi connectivity index (χ3n) is 4.55. The van der Waals surface area contributed by atoms with Crippen molar-refractivity contribution < 1.29 is 33.1 Å². The van der Waals surface area contributed by atoms with Crippen LogP contribution in [0.4, 0.5) is 21.9 Å². The second kappa shape index (κ2) is 10.4. The van der Waals surface area contributed by atoms with Crippen molar-refractivity contribution in [3.8, 4) is 0 Å². The summed E-state index contributed by atoms with van der Waals surface area (Å²) >= 11 is 2.29. The van der Waals surface area contributed by atoms with Crippen LogP contribution in [0.5, 0.6) is 0 Å². The lowest BCUT2D eigenvalue weighted by Crippen LogP contribution is -2.27. The Hall–Kier alpha value is -4.23. The first-order valence-electron chi connectivity index (χ1n) is 10.8. The van der Waals surface area contributed by atoms with Crippen LogP contribution in [0.15, 0.2) is 45.5 Å². The van der Waals surface area contributed by atoms with Gasteiger partial charge < -0.3 is 24.5 Å². The summed E-state index contributed by atoms with van der Waals surface area (Å²) in [6, 6.07) is 7.80. The molecule has 0 spiro atoms. The molecule has 4 aromatic rings. The zero-order chi connectivity index (χ0) is 26.7. The van der Waals surface area contributed by atoms with E-state index in [1.165, 1.54) is 19.2 Å². The molecule has 3 aromatic heterocycles. The Morgan fingerprint density at radius 1 is 0.865 bits per heavy atom. The SMILES string of the molecule is COC(=O)c1cc(NC(=O)c2nc3ccc(NC(=O)c4cc(NC(=O)OC(C)(C)C)cs4)cc3o2)cs1. The molecule has 0 aliphatic heterocycles. The molecule has 192 valence electrons. The summed E-state index contributed by atoms with van der Waals surface area (Å²) < 4.78 is 15.4. The molecule has 1 aromatic carbocycles. The molecular weight excluding hydrogens is 520 g/mol. The van der Waals surface area contributed by atoms with E-state index in [1.54, 1.807) is 49.7 Å². The third kappa shape index (κ3) is 6.51. The molecule has 37 heavy (non-hydrogen) atoms. The van der Waals surface area contributed by atoms with E-state index in [1.807, 2.05) is 0 Å². The highest BCUT2D eigenvalue weighted by molar-refractivity contribution is 7.13. The number of thiophene rings is 2. The number of carbonyl (C=O) groups is 4. The number of ether oxygens (including phenoxy) is 2. The van der Waals surface area contributed by atoms with E-state index in [9.17, 15) is 19.2 Å². The highest BCUT2D eigenvalue weighted by Crippen LogP contribution is 2.25. The van der Waals surface area contributed by atoms with Gasteiger partial charge in [0.15, 0.2) is 5.58 Å². The first-order chi connectivity index (χ1) is 17.5. The zero-order valence-corrected chi connectivity index (χ0v) is 21.8. The lowest BCUT2D eigenvalue weighted by atomic mass is 10.2. The number of aromatic nitrogens is 1. The molecule has 3 heterocycles. The van der Waals surface area contributed by atoms with Crippen molar-refractivity contribution >= 4 is 74.7 Å². The van der Waals surface area contributed by atoms with Gasteiger partial charge in [-0.2, -0.15) is 0 Å². The third-order valence-corrected chi connectivity index (χ3v) is 6.39. The number of carbonyl (C=O) groups excluding carboxylic acids is 4. The molecule has 0 saturated carbocycles. The maximum absolute atomic E-state index is 12.7. The molecule has 0 unspecified atom stereocenters. The fourth-order valence-electron chi connectivity index (χ4n) is 3.03. The van der Waals surface area contributed by atoms with E-state index >= 15 is 0 Å². The van der Waals surface area contributed by atoms with E-state index in [2.05, 4.69) is 25.7 Å². The normalized spacial score (nSPS) is 11.1. The minimum atomic E-state index is -0.641. The maximum Gasteiger partial charge on any atom is 0.412 e. The van der Waals surface area contributed by atoms with Crippen molar-refractivity contribution in [1.82, 2.24) is 4.98 Å². The average molecular weight is 543 g/mol. The van der Waals surface area contributed by atoms with Crippen LogP contribution >= 0.6 is 22.7 Å². The molecule has 0 aliphatic rings. The lowest BCUT2D eigenvalue weighted by molar-refractivity contribution is 0.0603. The van der Waals surface area contributed by atoms with Crippen LogP contribution in [0.2, 0.25) is 0 Å². The van der Waals surface area contributed by atoms with Crippen LogP contribution in [-0.4, -0.2) is 41.6 Å². The molecule has 11 nitrogen and oxygen atoms in total.